The summed E-state index contributed by atoms with van der Waals surface area (Å²) in [7, 11) is -2.88. The van der Waals surface area contributed by atoms with Gasteiger partial charge in [-0.2, -0.15) is 0 Å². The molecule has 0 rings (SSSR count). The largest absolute Gasteiger partial charge is 0.504 e. The van der Waals surface area contributed by atoms with Crippen molar-refractivity contribution in [2.24, 2.45) is 0 Å². The highest BCUT2D eigenvalue weighted by molar-refractivity contribution is 6.62. The lowest BCUT2D eigenvalue weighted by Crippen LogP contribution is -2.50. The van der Waals surface area contributed by atoms with Crippen molar-refractivity contribution in [3.05, 3.63) is 25.1 Å². The topological polar surface area (TPSA) is 27.7 Å². The van der Waals surface area contributed by atoms with Gasteiger partial charge in [0.25, 0.3) is 0 Å². The zero-order valence-corrected chi connectivity index (χ0v) is 12.7. The zero-order chi connectivity index (χ0) is 14.0. The monoisotopic (exact) mass is 276 g/mol. The van der Waals surface area contributed by atoms with Gasteiger partial charge in [-0.15, -0.1) is 6.58 Å². The Kier molecular flexibility index (Phi) is 9.18. The smallest absolute Gasteiger partial charge is 0.374 e. The molecule has 0 aromatic heterocycles. The minimum absolute atomic E-state index is 0.160. The summed E-state index contributed by atoms with van der Waals surface area (Å²) in [6.07, 6.45) is 2.53. The first-order valence-corrected chi connectivity index (χ1v) is 8.22. The third-order valence-corrected chi connectivity index (χ3v) is 5.97. The molecule has 0 saturated carbocycles. The fourth-order valence-electron chi connectivity index (χ4n) is 1.90. The Bertz CT molecular complexity index is 242. The van der Waals surface area contributed by atoms with E-state index in [1.54, 1.807) is 6.08 Å². The van der Waals surface area contributed by atoms with Crippen LogP contribution in [0.25, 0.3) is 0 Å². The van der Waals surface area contributed by atoms with Gasteiger partial charge in [-0.05, 0) is 27.2 Å². The fraction of sp³-hybridized carbons (Fsp3) is 0.692. The third-order valence-electron chi connectivity index (χ3n) is 2.46. The van der Waals surface area contributed by atoms with Crippen LogP contribution in [0.15, 0.2) is 25.1 Å². The Morgan fingerprint density at radius 2 is 1.61 bits per heavy atom. The van der Waals surface area contributed by atoms with E-state index in [1.807, 2.05) is 20.8 Å². The number of halogens is 1. The first-order valence-electron chi connectivity index (χ1n) is 6.42. The van der Waals surface area contributed by atoms with Crippen LogP contribution in [-0.4, -0.2) is 28.6 Å². The van der Waals surface area contributed by atoms with Gasteiger partial charge in [0.15, 0.2) is 0 Å². The van der Waals surface area contributed by atoms with E-state index in [2.05, 4.69) is 13.2 Å². The van der Waals surface area contributed by atoms with E-state index in [9.17, 15) is 4.39 Å². The van der Waals surface area contributed by atoms with Crippen molar-refractivity contribution in [1.29, 1.82) is 0 Å². The minimum Gasteiger partial charge on any atom is -0.374 e. The molecule has 0 amide bonds. The van der Waals surface area contributed by atoms with E-state index < -0.39 is 8.80 Å². The van der Waals surface area contributed by atoms with Crippen LogP contribution in [0.3, 0.4) is 0 Å². The van der Waals surface area contributed by atoms with Crippen molar-refractivity contribution in [3.8, 4) is 0 Å². The van der Waals surface area contributed by atoms with Crippen molar-refractivity contribution in [1.82, 2.24) is 0 Å². The molecule has 0 radical (unpaired) electrons. The summed E-state index contributed by atoms with van der Waals surface area (Å²) >= 11 is 0. The Morgan fingerprint density at radius 3 is 1.89 bits per heavy atom. The number of hydrogen-bond donors (Lipinski definition) is 0. The van der Waals surface area contributed by atoms with Crippen molar-refractivity contribution in [2.45, 2.75) is 39.2 Å². The van der Waals surface area contributed by atoms with Gasteiger partial charge in [-0.1, -0.05) is 12.7 Å². The van der Waals surface area contributed by atoms with E-state index in [1.165, 1.54) is 0 Å². The molecule has 0 saturated heterocycles. The van der Waals surface area contributed by atoms with Crippen LogP contribution in [0.2, 0.25) is 5.54 Å². The highest BCUT2D eigenvalue weighted by Crippen LogP contribution is 2.35. The molecule has 0 aliphatic rings. The molecular weight excluding hydrogens is 251 g/mol. The Hall–Kier alpha value is -0.493. The second-order valence-electron chi connectivity index (χ2n) is 3.85. The lowest BCUT2D eigenvalue weighted by Gasteiger charge is -2.34. The summed E-state index contributed by atoms with van der Waals surface area (Å²) in [5.41, 5.74) is -0.160. The average molecular weight is 276 g/mol. The quantitative estimate of drug-likeness (QED) is 0.424. The molecule has 0 fully saturated rings. The molecule has 18 heavy (non-hydrogen) atoms. The van der Waals surface area contributed by atoms with Crippen molar-refractivity contribution < 1.29 is 17.7 Å². The maximum absolute atomic E-state index is 13.2. The first kappa shape index (κ1) is 17.5. The van der Waals surface area contributed by atoms with E-state index in [0.29, 0.717) is 26.2 Å². The Balaban J connectivity index is 5.12. The van der Waals surface area contributed by atoms with Gasteiger partial charge >= 0.3 is 8.80 Å². The molecule has 0 bridgehead atoms. The SMILES string of the molecule is C=CCC(CC(=C)F)[Si](OCC)(OCC)OCC. The molecule has 0 aliphatic heterocycles. The molecule has 1 atom stereocenters. The number of allylic oxidation sites excluding steroid dienone is 2. The maximum atomic E-state index is 13.2. The van der Waals surface area contributed by atoms with Crippen LogP contribution in [0.5, 0.6) is 0 Å². The molecule has 5 heteroatoms. The van der Waals surface area contributed by atoms with Gasteiger partial charge in [0.2, 0.25) is 0 Å². The summed E-state index contributed by atoms with van der Waals surface area (Å²) in [5, 5.41) is 0. The summed E-state index contributed by atoms with van der Waals surface area (Å²) < 4.78 is 30.4. The summed E-state index contributed by atoms with van der Waals surface area (Å²) in [5.74, 6) is -0.377. The lowest BCUT2D eigenvalue weighted by molar-refractivity contribution is 0.0602. The van der Waals surface area contributed by atoms with Crippen molar-refractivity contribution in [3.63, 3.8) is 0 Å². The van der Waals surface area contributed by atoms with E-state index in [4.69, 9.17) is 13.3 Å². The predicted octanol–water partition coefficient (Wildman–Crippen LogP) is 3.85. The molecule has 0 N–H and O–H groups in total. The molecule has 3 nitrogen and oxygen atoms in total. The van der Waals surface area contributed by atoms with Crippen molar-refractivity contribution >= 4 is 8.80 Å². The molecule has 0 aromatic rings. The van der Waals surface area contributed by atoms with Gasteiger partial charge in [0.1, 0.15) is 0 Å². The van der Waals surface area contributed by atoms with E-state index >= 15 is 0 Å². The van der Waals surface area contributed by atoms with Crippen LogP contribution in [0.4, 0.5) is 4.39 Å². The minimum atomic E-state index is -2.88. The molecule has 1 unspecified atom stereocenters. The summed E-state index contributed by atoms with van der Waals surface area (Å²) in [4.78, 5) is 0. The lowest BCUT2D eigenvalue weighted by atomic mass is 10.2. The summed E-state index contributed by atoms with van der Waals surface area (Å²) in [6.45, 7) is 14.1. The molecule has 0 spiro atoms. The highest BCUT2D eigenvalue weighted by atomic mass is 28.4. The average Bonchev–Trinajstić information content (AvgIpc) is 2.29. The van der Waals surface area contributed by atoms with E-state index in [0.717, 1.165) is 0 Å². The normalized spacial score (nSPS) is 13.3. The van der Waals surface area contributed by atoms with Gasteiger partial charge < -0.3 is 13.3 Å². The van der Waals surface area contributed by atoms with Gasteiger partial charge in [-0.25, -0.2) is 4.39 Å². The maximum Gasteiger partial charge on any atom is 0.504 e. The fourth-order valence-corrected chi connectivity index (χ4v) is 4.99. The first-order chi connectivity index (χ1) is 8.56. The third kappa shape index (κ3) is 5.43. The number of rotatable bonds is 11. The Morgan fingerprint density at radius 1 is 1.17 bits per heavy atom. The second kappa shape index (κ2) is 9.44. The molecule has 0 heterocycles. The van der Waals surface area contributed by atoms with Gasteiger partial charge in [0.05, 0.1) is 5.83 Å². The predicted molar refractivity (Wildman–Crippen MR) is 74.1 cm³/mol. The van der Waals surface area contributed by atoms with Crippen LogP contribution in [0, 0.1) is 0 Å². The van der Waals surface area contributed by atoms with Gasteiger partial charge in [0, 0.05) is 31.8 Å². The van der Waals surface area contributed by atoms with Gasteiger partial charge in [-0.3, -0.25) is 0 Å². The van der Waals surface area contributed by atoms with Crippen molar-refractivity contribution in [2.75, 3.05) is 19.8 Å². The van der Waals surface area contributed by atoms with Crippen LogP contribution in [0.1, 0.15) is 33.6 Å². The standard InChI is InChI=1S/C13H25FO3Si/c1-6-10-13(11-12(5)14)18(15-7-2,16-8-3)17-9-4/h6,13H,1,5,7-11H2,2-4H3. The summed E-state index contributed by atoms with van der Waals surface area (Å²) in [6, 6.07) is 0. The molecular formula is C13H25FO3Si. The van der Waals surface area contributed by atoms with Crippen LogP contribution in [-0.2, 0) is 13.3 Å². The number of hydrogen-bond acceptors (Lipinski definition) is 3. The second-order valence-corrected chi connectivity index (χ2v) is 6.73. The van der Waals surface area contributed by atoms with Crippen LogP contribution >= 0.6 is 0 Å². The molecule has 0 aliphatic carbocycles. The highest BCUT2D eigenvalue weighted by Gasteiger charge is 2.48. The molecule has 0 aromatic carbocycles. The Labute approximate surface area is 111 Å². The van der Waals surface area contributed by atoms with Crippen LogP contribution < -0.4 is 0 Å². The van der Waals surface area contributed by atoms with E-state index in [-0.39, 0.29) is 17.8 Å². The molecule has 106 valence electrons. The zero-order valence-electron chi connectivity index (χ0n) is 11.7.